The quantitative estimate of drug-likeness (QED) is 0.0488. The molecule has 0 spiro atoms. The minimum atomic E-state index is -1.15. The minimum Gasteiger partial charge on any atom is -0.490 e. The summed E-state index contributed by atoms with van der Waals surface area (Å²) in [6, 6.07) is 14.6. The van der Waals surface area contributed by atoms with Crippen molar-refractivity contribution in [3.8, 4) is 34.4 Å². The van der Waals surface area contributed by atoms with Gasteiger partial charge in [-0.15, -0.1) is 0 Å². The number of amides is 1. The van der Waals surface area contributed by atoms with Crippen molar-refractivity contribution in [1.82, 2.24) is 15.3 Å². The number of pyridine rings is 1. The van der Waals surface area contributed by atoms with Gasteiger partial charge in [-0.05, 0) is 53.8 Å². The molecule has 3 atom stereocenters. The molecule has 0 saturated carbocycles. The maximum Gasteiger partial charge on any atom is 0.329 e. The van der Waals surface area contributed by atoms with Crippen LogP contribution in [0.2, 0.25) is 5.02 Å². The van der Waals surface area contributed by atoms with E-state index in [1.165, 1.54) is 18.0 Å². The molecule has 0 unspecified atom stereocenters. The largest absolute Gasteiger partial charge is 0.490 e. The topological polar surface area (TPSA) is 253 Å². The highest BCUT2D eigenvalue weighted by atomic mass is 35.5. The Bertz CT molecular complexity index is 2200. The third kappa shape index (κ3) is 12.5. The molecule has 1 amide bonds. The van der Waals surface area contributed by atoms with E-state index >= 15 is 0 Å². The van der Waals surface area contributed by atoms with Crippen molar-refractivity contribution in [1.29, 1.82) is 5.26 Å². The van der Waals surface area contributed by atoms with Gasteiger partial charge in [-0.2, -0.15) is 5.26 Å². The highest BCUT2D eigenvalue weighted by molar-refractivity contribution is 7.98. The molecule has 2 aromatic heterocycles. The van der Waals surface area contributed by atoms with Gasteiger partial charge >= 0.3 is 11.9 Å². The van der Waals surface area contributed by atoms with Crippen LogP contribution in [0.25, 0.3) is 27.4 Å². The number of halogens is 1. The second-order valence-corrected chi connectivity index (χ2v) is 15.3. The highest BCUT2D eigenvalue weighted by Crippen LogP contribution is 2.42. The number of ketones is 1. The molecule has 2 heterocycles. The molecule has 0 bridgehead atoms. The molecular weight excluding hydrogens is 800 g/mol. The number of hydrogen-bond donors (Lipinski definition) is 4. The monoisotopic (exact) mass is 844 g/mol. The lowest BCUT2D eigenvalue weighted by atomic mass is 9.91. The van der Waals surface area contributed by atoms with Crippen LogP contribution in [0.3, 0.4) is 0 Å². The SMILES string of the molecule is [C-]#[N+]c1c(N)nc(SCc2coc(-c3ccc(Cl)cc3)n2)c(C#N)c1-c1ccc(OC[C@@H](COC(=O)[C@@H](CC(=O)CN)C(C)C)OC(=O)[C@@H](NC(=O)CN)C(C)C)cc1. The van der Waals surface area contributed by atoms with Crippen LogP contribution in [0.4, 0.5) is 11.5 Å². The van der Waals surface area contributed by atoms with Crippen LogP contribution in [0.15, 0.2) is 64.2 Å². The first-order valence-electron chi connectivity index (χ1n) is 18.4. The highest BCUT2D eigenvalue weighted by Gasteiger charge is 2.31. The first kappa shape index (κ1) is 45.7. The Morgan fingerprint density at radius 3 is 2.24 bits per heavy atom. The number of rotatable bonds is 20. The van der Waals surface area contributed by atoms with Crippen molar-refractivity contribution in [2.75, 3.05) is 32.0 Å². The smallest absolute Gasteiger partial charge is 0.329 e. The Morgan fingerprint density at radius 1 is 0.966 bits per heavy atom. The summed E-state index contributed by atoms with van der Waals surface area (Å²) in [6.45, 7) is 13.5. The number of ether oxygens (including phenoxy) is 3. The number of hydrogen-bond acceptors (Lipinski definition) is 15. The molecule has 16 nitrogen and oxygen atoms in total. The van der Waals surface area contributed by atoms with Crippen LogP contribution in [0.1, 0.15) is 45.4 Å². The number of anilines is 1. The second-order valence-electron chi connectivity index (χ2n) is 13.9. The van der Waals surface area contributed by atoms with E-state index in [-0.39, 0.29) is 77.1 Å². The van der Waals surface area contributed by atoms with Crippen LogP contribution in [-0.4, -0.2) is 72.0 Å². The molecular formula is C41H45ClN8O8S. The number of carbonyl (C=O) groups is 4. The lowest BCUT2D eigenvalue weighted by Gasteiger charge is -2.25. The van der Waals surface area contributed by atoms with Gasteiger partial charge in [0.25, 0.3) is 0 Å². The van der Waals surface area contributed by atoms with E-state index in [2.05, 4.69) is 26.2 Å². The van der Waals surface area contributed by atoms with Gasteiger partial charge in [-0.25, -0.2) is 19.6 Å². The Hall–Kier alpha value is -5.98. The van der Waals surface area contributed by atoms with E-state index < -0.39 is 42.5 Å². The predicted molar refractivity (Wildman–Crippen MR) is 221 cm³/mol. The molecule has 0 fully saturated rings. The van der Waals surface area contributed by atoms with Gasteiger partial charge in [0.15, 0.2) is 6.10 Å². The summed E-state index contributed by atoms with van der Waals surface area (Å²) in [5.74, 6) is -2.84. The lowest BCUT2D eigenvalue weighted by molar-refractivity contribution is -0.166. The zero-order chi connectivity index (χ0) is 43.2. The number of nitriles is 1. The van der Waals surface area contributed by atoms with Crippen LogP contribution >= 0.6 is 23.4 Å². The average molecular weight is 845 g/mol. The van der Waals surface area contributed by atoms with Crippen molar-refractivity contribution in [2.45, 2.75) is 57.0 Å². The van der Waals surface area contributed by atoms with E-state index in [0.717, 1.165) is 5.56 Å². The summed E-state index contributed by atoms with van der Waals surface area (Å²) in [4.78, 5) is 63.0. The molecule has 0 aliphatic rings. The number of thioether (sulfide) groups is 1. The van der Waals surface area contributed by atoms with E-state index in [1.807, 2.05) is 0 Å². The molecule has 4 rings (SSSR count). The molecule has 7 N–H and O–H groups in total. The fourth-order valence-corrected chi connectivity index (χ4v) is 6.61. The number of nitrogens with two attached hydrogens (primary N) is 3. The van der Waals surface area contributed by atoms with Gasteiger partial charge in [0.1, 0.15) is 54.0 Å². The fraction of sp³-hybridized carbons (Fsp3) is 0.366. The normalized spacial score (nSPS) is 12.5. The maximum atomic E-state index is 13.3. The second kappa shape index (κ2) is 21.7. The summed E-state index contributed by atoms with van der Waals surface area (Å²) in [6.07, 6.45) is 0.247. The van der Waals surface area contributed by atoms with Gasteiger partial charge < -0.3 is 41.1 Å². The predicted octanol–water partition coefficient (Wildman–Crippen LogP) is 5.48. The molecule has 0 radical (unpaired) electrons. The van der Waals surface area contributed by atoms with E-state index in [0.29, 0.717) is 27.9 Å². The summed E-state index contributed by atoms with van der Waals surface area (Å²) in [5, 5.41) is 13.7. The number of benzene rings is 2. The zero-order valence-corrected chi connectivity index (χ0v) is 34.5. The average Bonchev–Trinajstić information content (AvgIpc) is 3.70. The molecule has 0 aliphatic heterocycles. The fourth-order valence-electron chi connectivity index (χ4n) is 5.61. The van der Waals surface area contributed by atoms with Crippen LogP contribution in [0, 0.1) is 35.7 Å². The third-order valence-corrected chi connectivity index (χ3v) is 10.1. The summed E-state index contributed by atoms with van der Waals surface area (Å²) in [5.41, 5.74) is 19.4. The number of aromatic nitrogens is 2. The Kier molecular flexibility index (Phi) is 16.8. The first-order chi connectivity index (χ1) is 28.2. The zero-order valence-electron chi connectivity index (χ0n) is 32.9. The van der Waals surface area contributed by atoms with Crippen LogP contribution < -0.4 is 27.3 Å². The van der Waals surface area contributed by atoms with Gasteiger partial charge in [-0.1, -0.05) is 63.2 Å². The Morgan fingerprint density at radius 2 is 1.64 bits per heavy atom. The molecule has 310 valence electrons. The Labute approximate surface area is 350 Å². The Balaban J connectivity index is 1.54. The lowest BCUT2D eigenvalue weighted by Crippen LogP contribution is -2.49. The number of nitrogens with one attached hydrogen (secondary N) is 1. The van der Waals surface area contributed by atoms with Gasteiger partial charge in [0, 0.05) is 28.3 Å². The van der Waals surface area contributed by atoms with E-state index in [9.17, 15) is 24.4 Å². The number of oxazole rings is 1. The molecule has 0 aliphatic carbocycles. The van der Waals surface area contributed by atoms with Crippen LogP contribution in [-0.2, 0) is 34.4 Å². The van der Waals surface area contributed by atoms with Crippen molar-refractivity contribution < 1.29 is 37.8 Å². The molecule has 2 aromatic carbocycles. The van der Waals surface area contributed by atoms with Crippen molar-refractivity contribution >= 4 is 58.5 Å². The summed E-state index contributed by atoms with van der Waals surface area (Å²) >= 11 is 7.20. The third-order valence-electron chi connectivity index (χ3n) is 8.87. The number of esters is 2. The molecule has 18 heteroatoms. The van der Waals surface area contributed by atoms with Gasteiger partial charge in [0.2, 0.25) is 17.5 Å². The standard InChI is InChI=1S/C41H45ClN8O8S/c1-22(2)31(14-28(51)15-43)40(53)57-20-30(58-41(54)35(23(3)4)49-33(52)17-45)19-55-29-12-8-24(9-13-29)34-32(16-44)39(50-37(46)36(34)47-5)59-21-27-18-56-38(48-27)25-6-10-26(42)11-7-25/h6-13,18,22-23,30-31,35H,14-15,17,19-21,43,45H2,1-4H3,(H2,46,50)(H,49,52)/t30-,31-,35-/m0/s1. The number of nitrogen functional groups attached to an aromatic ring is 1. The first-order valence-corrected chi connectivity index (χ1v) is 19.8. The molecule has 0 saturated heterocycles. The van der Waals surface area contributed by atoms with Crippen LogP contribution in [0.5, 0.6) is 5.75 Å². The molecule has 4 aromatic rings. The number of Topliss-reactive ketones (excluding diaryl/α,β-unsaturated/α-hetero) is 1. The van der Waals surface area contributed by atoms with Crippen molar-refractivity contribution in [2.24, 2.45) is 29.2 Å². The number of carbonyl (C=O) groups excluding carboxylic acids is 4. The summed E-state index contributed by atoms with van der Waals surface area (Å²) in [7, 11) is 0. The van der Waals surface area contributed by atoms with Crippen molar-refractivity contribution in [3.63, 3.8) is 0 Å². The molecule has 59 heavy (non-hydrogen) atoms. The van der Waals surface area contributed by atoms with Gasteiger partial charge in [0.05, 0.1) is 36.8 Å². The van der Waals surface area contributed by atoms with Gasteiger partial charge in [-0.3, -0.25) is 14.4 Å². The van der Waals surface area contributed by atoms with E-state index in [4.69, 9.17) is 54.0 Å². The minimum absolute atomic E-state index is 0.00545. The summed E-state index contributed by atoms with van der Waals surface area (Å²) < 4.78 is 22.9. The van der Waals surface area contributed by atoms with E-state index in [1.54, 1.807) is 76.2 Å². The van der Waals surface area contributed by atoms with Crippen molar-refractivity contribution in [3.05, 3.63) is 82.5 Å². The number of nitrogens with zero attached hydrogens (tertiary/aromatic N) is 4. The maximum absolute atomic E-state index is 13.3.